The van der Waals surface area contributed by atoms with E-state index in [1.54, 1.807) is 11.4 Å². The van der Waals surface area contributed by atoms with E-state index in [2.05, 4.69) is 10.1 Å². The number of benzene rings is 1. The van der Waals surface area contributed by atoms with Crippen LogP contribution < -0.4 is 10.1 Å². The van der Waals surface area contributed by atoms with Crippen molar-refractivity contribution in [3.63, 3.8) is 0 Å². The van der Waals surface area contributed by atoms with Crippen LogP contribution in [0.25, 0.3) is 0 Å². The van der Waals surface area contributed by atoms with E-state index in [-0.39, 0.29) is 18.1 Å². The number of carbonyl (C=O) groups excluding carboxylic acids is 1. The molecule has 0 spiro atoms. The smallest absolute Gasteiger partial charge is 0.406 e. The maximum Gasteiger partial charge on any atom is 0.573 e. The van der Waals surface area contributed by atoms with Gasteiger partial charge in [-0.1, -0.05) is 12.1 Å². The number of alkyl halides is 3. The van der Waals surface area contributed by atoms with Crippen molar-refractivity contribution in [2.45, 2.75) is 12.8 Å². The van der Waals surface area contributed by atoms with Crippen molar-refractivity contribution >= 4 is 22.9 Å². The molecule has 1 amide bonds. The molecular weight excluding hydrogens is 291 g/mol. The number of rotatable bonds is 4. The second-order valence-corrected chi connectivity index (χ2v) is 4.71. The van der Waals surface area contributed by atoms with Gasteiger partial charge in [0.25, 0.3) is 0 Å². The number of nitrogens with one attached hydrogen (secondary N) is 1. The van der Waals surface area contributed by atoms with Gasteiger partial charge in [-0.05, 0) is 29.1 Å². The summed E-state index contributed by atoms with van der Waals surface area (Å²) in [6.07, 6.45) is -4.63. The Morgan fingerprint density at radius 1 is 1.20 bits per heavy atom. The second-order valence-electron chi connectivity index (χ2n) is 3.93. The van der Waals surface area contributed by atoms with Crippen molar-refractivity contribution in [2.75, 3.05) is 5.32 Å². The van der Waals surface area contributed by atoms with Crippen LogP contribution in [0.5, 0.6) is 5.75 Å². The third-order valence-electron chi connectivity index (χ3n) is 2.33. The van der Waals surface area contributed by atoms with Crippen LogP contribution in [0.4, 0.5) is 18.9 Å². The van der Waals surface area contributed by atoms with Gasteiger partial charge in [0, 0.05) is 5.38 Å². The summed E-state index contributed by atoms with van der Waals surface area (Å²) in [5.41, 5.74) is 1.31. The maximum atomic E-state index is 12.0. The van der Waals surface area contributed by atoms with Crippen LogP contribution >= 0.6 is 11.3 Å². The first-order valence-electron chi connectivity index (χ1n) is 5.59. The molecule has 1 aromatic carbocycles. The van der Waals surface area contributed by atoms with E-state index in [1.807, 2.05) is 5.38 Å². The lowest BCUT2D eigenvalue weighted by atomic mass is 10.1. The molecule has 0 radical (unpaired) electrons. The minimum atomic E-state index is -4.71. The summed E-state index contributed by atoms with van der Waals surface area (Å²) in [4.78, 5) is 11.7. The number of halogens is 3. The molecule has 1 N–H and O–H groups in total. The highest BCUT2D eigenvalue weighted by atomic mass is 32.1. The van der Waals surface area contributed by atoms with Gasteiger partial charge in [0.15, 0.2) is 0 Å². The molecule has 2 aromatic rings. The molecule has 106 valence electrons. The molecule has 20 heavy (non-hydrogen) atoms. The molecule has 1 aromatic heterocycles. The summed E-state index contributed by atoms with van der Waals surface area (Å²) in [7, 11) is 0. The van der Waals surface area contributed by atoms with Crippen molar-refractivity contribution in [1.29, 1.82) is 0 Å². The van der Waals surface area contributed by atoms with Gasteiger partial charge in [0.05, 0.1) is 12.1 Å². The molecule has 2 rings (SSSR count). The Balaban J connectivity index is 1.92. The zero-order chi connectivity index (χ0) is 14.6. The molecule has 0 saturated heterocycles. The molecule has 3 nitrogen and oxygen atoms in total. The van der Waals surface area contributed by atoms with Crippen LogP contribution in [0.1, 0.15) is 5.56 Å². The highest BCUT2D eigenvalue weighted by Gasteiger charge is 2.30. The van der Waals surface area contributed by atoms with E-state index in [1.165, 1.54) is 35.6 Å². The highest BCUT2D eigenvalue weighted by molar-refractivity contribution is 7.08. The van der Waals surface area contributed by atoms with E-state index in [0.717, 1.165) is 0 Å². The topological polar surface area (TPSA) is 38.3 Å². The van der Waals surface area contributed by atoms with E-state index in [0.29, 0.717) is 11.3 Å². The fraction of sp³-hybridized carbons (Fsp3) is 0.154. The summed E-state index contributed by atoms with van der Waals surface area (Å²) >= 11 is 1.46. The average molecular weight is 301 g/mol. The highest BCUT2D eigenvalue weighted by Crippen LogP contribution is 2.23. The molecule has 0 atom stereocenters. The van der Waals surface area contributed by atoms with Crippen molar-refractivity contribution in [2.24, 2.45) is 0 Å². The van der Waals surface area contributed by atoms with Gasteiger partial charge < -0.3 is 10.1 Å². The average Bonchev–Trinajstić information content (AvgIpc) is 2.82. The first-order chi connectivity index (χ1) is 9.42. The Labute approximate surface area is 117 Å². The number of amides is 1. The van der Waals surface area contributed by atoms with Crippen LogP contribution in [-0.4, -0.2) is 12.3 Å². The predicted molar refractivity (Wildman–Crippen MR) is 69.8 cm³/mol. The van der Waals surface area contributed by atoms with Crippen molar-refractivity contribution in [3.05, 3.63) is 46.7 Å². The zero-order valence-electron chi connectivity index (χ0n) is 10.1. The molecule has 0 aliphatic heterocycles. The molecular formula is C13H10F3NO2S. The summed E-state index contributed by atoms with van der Waals surface area (Å²) in [5.74, 6) is -0.535. The van der Waals surface area contributed by atoms with Gasteiger partial charge >= 0.3 is 6.36 Å². The molecule has 0 unspecified atom stereocenters. The lowest BCUT2D eigenvalue weighted by Crippen LogP contribution is -2.17. The van der Waals surface area contributed by atoms with Crippen LogP contribution in [-0.2, 0) is 11.2 Å². The number of ether oxygens (including phenoxy) is 1. The van der Waals surface area contributed by atoms with Gasteiger partial charge in [-0.3, -0.25) is 4.79 Å². The van der Waals surface area contributed by atoms with E-state index < -0.39 is 6.36 Å². The number of hydrogen-bond acceptors (Lipinski definition) is 3. The second kappa shape index (κ2) is 5.96. The maximum absolute atomic E-state index is 12.0. The molecule has 0 fully saturated rings. The number of thiophene rings is 1. The lowest BCUT2D eigenvalue weighted by molar-refractivity contribution is -0.274. The summed E-state index contributed by atoms with van der Waals surface area (Å²) in [6.45, 7) is 0. The Morgan fingerprint density at radius 2 is 1.90 bits per heavy atom. The SMILES string of the molecule is O=C(Cc1ccc(OC(F)(F)F)cc1)Nc1ccsc1. The summed E-state index contributed by atoms with van der Waals surface area (Å²) < 4.78 is 39.7. The molecule has 0 aliphatic carbocycles. The quantitative estimate of drug-likeness (QED) is 0.932. The van der Waals surface area contributed by atoms with E-state index in [4.69, 9.17) is 0 Å². The molecule has 0 bridgehead atoms. The standard InChI is InChI=1S/C13H10F3NO2S/c14-13(15,16)19-11-3-1-9(2-4-11)7-12(18)17-10-5-6-20-8-10/h1-6,8H,7H2,(H,17,18). The van der Waals surface area contributed by atoms with Gasteiger partial charge in [-0.25, -0.2) is 0 Å². The first kappa shape index (κ1) is 14.4. The minimum absolute atomic E-state index is 0.0855. The van der Waals surface area contributed by atoms with Gasteiger partial charge in [-0.15, -0.1) is 13.2 Å². The van der Waals surface area contributed by atoms with Crippen molar-refractivity contribution in [3.8, 4) is 5.75 Å². The van der Waals surface area contributed by atoms with Gasteiger partial charge in [-0.2, -0.15) is 11.3 Å². The molecule has 1 heterocycles. The Bertz CT molecular complexity index is 564. The number of anilines is 1. The monoisotopic (exact) mass is 301 g/mol. The van der Waals surface area contributed by atoms with Crippen molar-refractivity contribution in [1.82, 2.24) is 0 Å². The largest absolute Gasteiger partial charge is 0.573 e. The minimum Gasteiger partial charge on any atom is -0.406 e. The summed E-state index contributed by atoms with van der Waals surface area (Å²) in [6, 6.07) is 6.98. The fourth-order valence-electron chi connectivity index (χ4n) is 1.54. The predicted octanol–water partition coefficient (Wildman–Crippen LogP) is 3.83. The first-order valence-corrected chi connectivity index (χ1v) is 6.53. The number of hydrogen-bond donors (Lipinski definition) is 1. The molecule has 0 aliphatic rings. The number of carbonyl (C=O) groups is 1. The van der Waals surface area contributed by atoms with Crippen LogP contribution in [0, 0.1) is 0 Å². The fourth-order valence-corrected chi connectivity index (χ4v) is 2.12. The Hall–Kier alpha value is -2.02. The third kappa shape index (κ3) is 4.58. The van der Waals surface area contributed by atoms with Gasteiger partial charge in [0.2, 0.25) is 5.91 Å². The zero-order valence-corrected chi connectivity index (χ0v) is 10.9. The summed E-state index contributed by atoms with van der Waals surface area (Å²) in [5, 5.41) is 6.31. The molecule has 7 heteroatoms. The Morgan fingerprint density at radius 3 is 2.45 bits per heavy atom. The Kier molecular flexibility index (Phi) is 4.29. The van der Waals surface area contributed by atoms with Crippen molar-refractivity contribution < 1.29 is 22.7 Å². The molecule has 0 saturated carbocycles. The van der Waals surface area contributed by atoms with E-state index >= 15 is 0 Å². The van der Waals surface area contributed by atoms with Crippen LogP contribution in [0.15, 0.2) is 41.1 Å². The van der Waals surface area contributed by atoms with Gasteiger partial charge in [0.1, 0.15) is 5.75 Å². The van der Waals surface area contributed by atoms with E-state index in [9.17, 15) is 18.0 Å². The normalized spacial score (nSPS) is 11.2. The van der Waals surface area contributed by atoms with Crippen LogP contribution in [0.2, 0.25) is 0 Å². The lowest BCUT2D eigenvalue weighted by Gasteiger charge is -2.09. The third-order valence-corrected chi connectivity index (χ3v) is 3.01. The van der Waals surface area contributed by atoms with Crippen LogP contribution in [0.3, 0.4) is 0 Å².